The van der Waals surface area contributed by atoms with Gasteiger partial charge >= 0.3 is 12.0 Å². The molecule has 0 radical (unpaired) electrons. The van der Waals surface area contributed by atoms with Crippen LogP contribution in [0.15, 0.2) is 75.4 Å². The van der Waals surface area contributed by atoms with Gasteiger partial charge < -0.3 is 34.3 Å². The Hall–Kier alpha value is -4.31. The summed E-state index contributed by atoms with van der Waals surface area (Å²) < 4.78 is 29.6. The van der Waals surface area contributed by atoms with Gasteiger partial charge in [0.1, 0.15) is 6.61 Å². The van der Waals surface area contributed by atoms with Crippen LogP contribution in [0.25, 0.3) is 0 Å². The molecule has 46 heavy (non-hydrogen) atoms. The molecule has 3 aromatic carbocycles. The van der Waals surface area contributed by atoms with Crippen LogP contribution in [0.3, 0.4) is 0 Å². The minimum Gasteiger partial charge on any atom is -0.493 e. The van der Waals surface area contributed by atoms with Crippen molar-refractivity contribution in [2.45, 2.75) is 26.5 Å². The molecule has 3 aromatic rings. The fourth-order valence-corrected chi connectivity index (χ4v) is 5.20. The van der Waals surface area contributed by atoms with Gasteiger partial charge in [0.15, 0.2) is 29.6 Å². The molecule has 14 heteroatoms. The molecule has 0 aliphatic carbocycles. The lowest BCUT2D eigenvalue weighted by molar-refractivity contribution is -0.139. The van der Waals surface area contributed by atoms with Crippen LogP contribution in [0.4, 0.5) is 4.79 Å². The third kappa shape index (κ3) is 8.90. The average molecular weight is 807 g/mol. The minimum atomic E-state index is -0.778. The van der Waals surface area contributed by atoms with Crippen LogP contribution in [0, 0.1) is 3.57 Å². The molecule has 1 aliphatic rings. The number of methoxy groups -OCH3 is 2. The summed E-state index contributed by atoms with van der Waals surface area (Å²) in [5.74, 6) is 0.552. The highest BCUT2D eigenvalue weighted by Gasteiger charge is 2.32. The predicted molar refractivity (Wildman–Crippen MR) is 182 cm³/mol. The number of carbonyl (C=O) groups is 3. The summed E-state index contributed by atoms with van der Waals surface area (Å²) in [7, 11) is 2.98. The summed E-state index contributed by atoms with van der Waals surface area (Å²) in [6.07, 6.45) is 1.47. The third-order valence-electron chi connectivity index (χ3n) is 6.63. The zero-order valence-electron chi connectivity index (χ0n) is 25.4. The molecule has 0 spiro atoms. The van der Waals surface area contributed by atoms with Crippen LogP contribution >= 0.6 is 38.5 Å². The zero-order chi connectivity index (χ0) is 33.2. The highest BCUT2D eigenvalue weighted by molar-refractivity contribution is 14.1. The number of hydrogen-bond acceptors (Lipinski definition) is 9. The smallest absolute Gasteiger partial charge is 0.338 e. The van der Waals surface area contributed by atoms with Gasteiger partial charge in [0.25, 0.3) is 5.91 Å². The molecular formula is C32H32BrIN4O8. The Labute approximate surface area is 288 Å². The zero-order valence-corrected chi connectivity index (χ0v) is 29.2. The Kier molecular flexibility index (Phi) is 12.3. The number of nitrogens with one attached hydrogen (secondary N) is 3. The van der Waals surface area contributed by atoms with Gasteiger partial charge in [-0.3, -0.25) is 4.79 Å². The van der Waals surface area contributed by atoms with E-state index in [1.807, 2.05) is 24.3 Å². The number of benzene rings is 3. The van der Waals surface area contributed by atoms with Gasteiger partial charge in [0.05, 0.1) is 38.7 Å². The third-order valence-corrected chi connectivity index (χ3v) is 8.03. The lowest BCUT2D eigenvalue weighted by Gasteiger charge is -2.28. The fraction of sp³-hybridized carbons (Fsp3) is 0.250. The highest BCUT2D eigenvalue weighted by atomic mass is 127. The van der Waals surface area contributed by atoms with Crippen molar-refractivity contribution >= 4 is 62.6 Å². The standard InChI is InChI=1S/C32H32BrIN4O8/c1-5-44-31(40)29-18(2)36-32(41)37-30(29)20-8-11-24(25(12-20)42-3)46-17-28(39)38-35-15-21-13-26(43-4)27(14-23(21)33)45-16-19-6-9-22(34)10-7-19/h6-15,30H,5,16-17H2,1-4H3,(H,38,39)(H2,36,37,41)/b35-15-/t30-/m1/s1. The van der Waals surface area contributed by atoms with Crippen molar-refractivity contribution in [3.63, 3.8) is 0 Å². The normalized spacial score (nSPS) is 14.3. The van der Waals surface area contributed by atoms with Gasteiger partial charge in [-0.1, -0.05) is 18.2 Å². The van der Waals surface area contributed by atoms with Crippen molar-refractivity contribution in [1.29, 1.82) is 0 Å². The summed E-state index contributed by atoms with van der Waals surface area (Å²) in [5.41, 5.74) is 5.31. The van der Waals surface area contributed by atoms with E-state index in [1.165, 1.54) is 13.3 Å². The van der Waals surface area contributed by atoms with Crippen molar-refractivity contribution in [2.75, 3.05) is 27.4 Å². The number of amides is 3. The molecule has 0 aromatic heterocycles. The van der Waals surface area contributed by atoms with E-state index in [0.717, 1.165) is 9.13 Å². The highest BCUT2D eigenvalue weighted by Crippen LogP contribution is 2.35. The first-order valence-corrected chi connectivity index (χ1v) is 15.8. The summed E-state index contributed by atoms with van der Waals surface area (Å²) in [6, 6.07) is 15.2. The molecule has 3 N–H and O–H groups in total. The number of carbonyl (C=O) groups excluding carboxylic acids is 3. The van der Waals surface area contributed by atoms with E-state index in [1.54, 1.807) is 51.3 Å². The van der Waals surface area contributed by atoms with Crippen LogP contribution in [0.1, 0.15) is 36.6 Å². The summed E-state index contributed by atoms with van der Waals surface area (Å²) >= 11 is 5.77. The van der Waals surface area contributed by atoms with Crippen molar-refractivity contribution in [3.05, 3.63) is 90.6 Å². The molecular weight excluding hydrogens is 775 g/mol. The Bertz CT molecular complexity index is 1660. The van der Waals surface area contributed by atoms with E-state index in [2.05, 4.69) is 59.7 Å². The van der Waals surface area contributed by atoms with Crippen molar-refractivity contribution < 1.29 is 38.1 Å². The SMILES string of the molecule is CCOC(=O)C1=C(C)NC(=O)N[C@@H]1c1ccc(OCC(=O)N/N=C\c2cc(OC)c(OCc3ccc(I)cc3)cc2Br)c(OC)c1. The average Bonchev–Trinajstić information content (AvgIpc) is 3.03. The molecule has 1 aliphatic heterocycles. The maximum atomic E-state index is 12.6. The first-order valence-electron chi connectivity index (χ1n) is 14.0. The van der Waals surface area contributed by atoms with E-state index in [9.17, 15) is 14.4 Å². The second-order valence-electron chi connectivity index (χ2n) is 9.72. The monoisotopic (exact) mass is 806 g/mol. The number of allylic oxidation sites excluding steroid dienone is 1. The van der Waals surface area contributed by atoms with Crippen LogP contribution in [0.5, 0.6) is 23.0 Å². The molecule has 0 bridgehead atoms. The maximum absolute atomic E-state index is 12.6. The Morgan fingerprint density at radius 1 is 1.00 bits per heavy atom. The largest absolute Gasteiger partial charge is 0.493 e. The summed E-state index contributed by atoms with van der Waals surface area (Å²) in [4.78, 5) is 37.3. The van der Waals surface area contributed by atoms with Crippen LogP contribution < -0.4 is 35.0 Å². The van der Waals surface area contributed by atoms with E-state index in [0.29, 0.717) is 45.2 Å². The predicted octanol–water partition coefficient (Wildman–Crippen LogP) is 5.37. The molecule has 0 saturated heterocycles. The van der Waals surface area contributed by atoms with Crippen LogP contribution in [-0.2, 0) is 20.9 Å². The molecule has 0 unspecified atom stereocenters. The second-order valence-corrected chi connectivity index (χ2v) is 11.8. The van der Waals surface area contributed by atoms with Crippen LogP contribution in [-0.4, -0.2) is 51.6 Å². The number of halogens is 2. The molecule has 242 valence electrons. The Morgan fingerprint density at radius 3 is 2.41 bits per heavy atom. The number of hydrogen-bond donors (Lipinski definition) is 3. The number of rotatable bonds is 13. The molecule has 1 heterocycles. The number of nitrogens with zero attached hydrogens (tertiary/aromatic N) is 1. The lowest BCUT2D eigenvalue weighted by atomic mass is 9.95. The molecule has 12 nitrogen and oxygen atoms in total. The lowest BCUT2D eigenvalue weighted by Crippen LogP contribution is -2.45. The van der Waals surface area contributed by atoms with Crippen molar-refractivity contribution in [1.82, 2.24) is 16.1 Å². The minimum absolute atomic E-state index is 0.181. The number of esters is 1. The molecule has 0 saturated carbocycles. The summed E-state index contributed by atoms with van der Waals surface area (Å²) in [6.45, 7) is 3.52. The van der Waals surface area contributed by atoms with Gasteiger partial charge in [-0.2, -0.15) is 5.10 Å². The number of hydrazone groups is 1. The van der Waals surface area contributed by atoms with E-state index in [-0.39, 0.29) is 24.5 Å². The van der Waals surface area contributed by atoms with Gasteiger partial charge in [-0.25, -0.2) is 15.0 Å². The quantitative estimate of drug-likeness (QED) is 0.0906. The fourth-order valence-electron chi connectivity index (χ4n) is 4.42. The number of urea groups is 1. The van der Waals surface area contributed by atoms with E-state index >= 15 is 0 Å². The topological polar surface area (TPSA) is 146 Å². The van der Waals surface area contributed by atoms with Gasteiger partial charge in [-0.15, -0.1) is 0 Å². The van der Waals surface area contributed by atoms with Crippen molar-refractivity contribution in [3.8, 4) is 23.0 Å². The molecule has 1 atom stereocenters. The Balaban J connectivity index is 1.37. The number of ether oxygens (including phenoxy) is 5. The van der Waals surface area contributed by atoms with Gasteiger partial charge in [-0.05, 0) is 99.9 Å². The van der Waals surface area contributed by atoms with Gasteiger partial charge in [0.2, 0.25) is 0 Å². The first-order chi connectivity index (χ1) is 22.1. The van der Waals surface area contributed by atoms with Gasteiger partial charge in [0, 0.05) is 19.3 Å². The molecule has 4 rings (SSSR count). The molecule has 3 amide bonds. The van der Waals surface area contributed by atoms with Crippen LogP contribution in [0.2, 0.25) is 0 Å². The van der Waals surface area contributed by atoms with E-state index < -0.39 is 23.9 Å². The molecule has 0 fully saturated rings. The summed E-state index contributed by atoms with van der Waals surface area (Å²) in [5, 5.41) is 9.36. The van der Waals surface area contributed by atoms with E-state index in [4.69, 9.17) is 23.7 Å². The maximum Gasteiger partial charge on any atom is 0.338 e. The van der Waals surface area contributed by atoms with Crippen molar-refractivity contribution in [2.24, 2.45) is 5.10 Å². The second kappa shape index (κ2) is 16.3. The first kappa shape index (κ1) is 34.6. The Morgan fingerprint density at radius 2 is 1.72 bits per heavy atom.